The molecule has 22 heavy (non-hydrogen) atoms. The third kappa shape index (κ3) is 5.48. The molecule has 1 aromatic rings. The summed E-state index contributed by atoms with van der Waals surface area (Å²) in [5.41, 5.74) is 0.790. The summed E-state index contributed by atoms with van der Waals surface area (Å²) in [5.74, 6) is 0.866. The summed E-state index contributed by atoms with van der Waals surface area (Å²) >= 11 is 3.39. The Morgan fingerprint density at radius 2 is 2.05 bits per heavy atom. The van der Waals surface area contributed by atoms with Gasteiger partial charge in [-0.1, -0.05) is 15.9 Å². The molecule has 124 valence electrons. The second-order valence-corrected chi connectivity index (χ2v) is 6.43. The zero-order chi connectivity index (χ0) is 15.9. The highest BCUT2D eigenvalue weighted by Gasteiger charge is 2.21. The fraction of sp³-hybridized carbons (Fsp3) is 0.625. The van der Waals surface area contributed by atoms with Crippen LogP contribution < -0.4 is 4.74 Å². The first-order chi connectivity index (χ1) is 10.6. The molecule has 0 aromatic heterocycles. The predicted octanol–water partition coefficient (Wildman–Crippen LogP) is 4.30. The van der Waals surface area contributed by atoms with Gasteiger partial charge in [0.25, 0.3) is 0 Å². The zero-order valence-corrected chi connectivity index (χ0v) is 14.3. The van der Waals surface area contributed by atoms with Gasteiger partial charge >= 0.3 is 6.61 Å². The molecule has 1 aliphatic heterocycles. The van der Waals surface area contributed by atoms with E-state index in [0.717, 1.165) is 49.2 Å². The Bertz CT molecular complexity index is 465. The topological polar surface area (TPSA) is 21.7 Å². The number of ether oxygens (including phenoxy) is 2. The van der Waals surface area contributed by atoms with Gasteiger partial charge in [-0.15, -0.1) is 0 Å². The van der Waals surface area contributed by atoms with Gasteiger partial charge in [0.15, 0.2) is 0 Å². The number of likely N-dealkylation sites (tertiary alicyclic amines) is 1. The molecule has 3 nitrogen and oxygen atoms in total. The van der Waals surface area contributed by atoms with E-state index in [1.54, 1.807) is 12.1 Å². The first kappa shape index (κ1) is 17.6. The van der Waals surface area contributed by atoms with Crippen molar-refractivity contribution in [3.05, 3.63) is 28.2 Å². The maximum atomic E-state index is 12.5. The summed E-state index contributed by atoms with van der Waals surface area (Å²) in [5, 5.41) is 0. The number of hydrogen-bond donors (Lipinski definition) is 0. The normalized spacial score (nSPS) is 17.1. The molecule has 0 saturated carbocycles. The van der Waals surface area contributed by atoms with Crippen LogP contribution in [0.5, 0.6) is 5.75 Å². The predicted molar refractivity (Wildman–Crippen MR) is 85.3 cm³/mol. The number of rotatable bonds is 7. The standard InChI is InChI=1S/C16H22BrF2NO2/c1-2-21-11-12-5-7-20(8-6-12)10-13-9-14(17)3-4-15(13)22-16(18)19/h3-4,9,12,16H,2,5-8,10-11H2,1H3. The minimum atomic E-state index is -2.79. The lowest BCUT2D eigenvalue weighted by atomic mass is 9.97. The van der Waals surface area contributed by atoms with Crippen LogP contribution in [0.2, 0.25) is 0 Å². The molecule has 0 bridgehead atoms. The van der Waals surface area contributed by atoms with Crippen molar-refractivity contribution in [2.75, 3.05) is 26.3 Å². The van der Waals surface area contributed by atoms with Gasteiger partial charge in [0.1, 0.15) is 5.75 Å². The van der Waals surface area contributed by atoms with E-state index >= 15 is 0 Å². The van der Waals surface area contributed by atoms with E-state index < -0.39 is 6.61 Å². The van der Waals surface area contributed by atoms with Crippen molar-refractivity contribution in [1.82, 2.24) is 4.90 Å². The third-order valence-electron chi connectivity index (χ3n) is 3.90. The average Bonchev–Trinajstić information content (AvgIpc) is 2.49. The lowest BCUT2D eigenvalue weighted by Crippen LogP contribution is -2.34. The zero-order valence-electron chi connectivity index (χ0n) is 12.7. The first-order valence-corrected chi connectivity index (χ1v) is 8.41. The molecule has 1 saturated heterocycles. The van der Waals surface area contributed by atoms with Crippen LogP contribution in [0.4, 0.5) is 8.78 Å². The number of halogens is 3. The fourth-order valence-corrected chi connectivity index (χ4v) is 3.13. The summed E-state index contributed by atoms with van der Waals surface area (Å²) < 4.78 is 35.9. The molecule has 1 aromatic carbocycles. The highest BCUT2D eigenvalue weighted by molar-refractivity contribution is 9.10. The van der Waals surface area contributed by atoms with E-state index in [0.29, 0.717) is 12.5 Å². The van der Waals surface area contributed by atoms with E-state index in [2.05, 4.69) is 25.6 Å². The second kappa shape index (κ2) is 8.79. The summed E-state index contributed by atoms with van der Waals surface area (Å²) in [6, 6.07) is 5.16. The fourth-order valence-electron chi connectivity index (χ4n) is 2.72. The molecule has 1 heterocycles. The van der Waals surface area contributed by atoms with E-state index in [1.807, 2.05) is 13.0 Å². The van der Waals surface area contributed by atoms with Crippen molar-refractivity contribution in [2.24, 2.45) is 5.92 Å². The molecule has 0 atom stereocenters. The smallest absolute Gasteiger partial charge is 0.387 e. The van der Waals surface area contributed by atoms with E-state index in [9.17, 15) is 8.78 Å². The first-order valence-electron chi connectivity index (χ1n) is 7.61. The molecule has 6 heteroatoms. The molecule has 0 aliphatic carbocycles. The molecule has 0 unspecified atom stereocenters. The van der Waals surface area contributed by atoms with Gasteiger partial charge in [-0.3, -0.25) is 4.90 Å². The van der Waals surface area contributed by atoms with Crippen molar-refractivity contribution in [3.63, 3.8) is 0 Å². The lowest BCUT2D eigenvalue weighted by molar-refractivity contribution is -0.0508. The Morgan fingerprint density at radius 3 is 2.68 bits per heavy atom. The van der Waals surface area contributed by atoms with Crippen molar-refractivity contribution >= 4 is 15.9 Å². The Hall–Kier alpha value is -0.720. The van der Waals surface area contributed by atoms with E-state index in [1.165, 1.54) is 0 Å². The van der Waals surface area contributed by atoms with Crippen LogP contribution in [0.25, 0.3) is 0 Å². The number of benzene rings is 1. The average molecular weight is 378 g/mol. The highest BCUT2D eigenvalue weighted by atomic mass is 79.9. The largest absolute Gasteiger partial charge is 0.434 e. The van der Waals surface area contributed by atoms with Gasteiger partial charge in [0.05, 0.1) is 0 Å². The van der Waals surface area contributed by atoms with E-state index in [-0.39, 0.29) is 5.75 Å². The van der Waals surface area contributed by atoms with Gasteiger partial charge in [-0.2, -0.15) is 8.78 Å². The van der Waals surface area contributed by atoms with Gasteiger partial charge in [-0.25, -0.2) is 0 Å². The van der Waals surface area contributed by atoms with Crippen molar-refractivity contribution < 1.29 is 18.3 Å². The Kier molecular flexibility index (Phi) is 7.05. The molecular formula is C16H22BrF2NO2. The van der Waals surface area contributed by atoms with Gasteiger partial charge in [0.2, 0.25) is 0 Å². The highest BCUT2D eigenvalue weighted by Crippen LogP contribution is 2.28. The summed E-state index contributed by atoms with van der Waals surface area (Å²) in [4.78, 5) is 2.28. The number of piperidine rings is 1. The number of alkyl halides is 2. The summed E-state index contributed by atoms with van der Waals surface area (Å²) in [6.45, 7) is 3.33. The number of nitrogens with zero attached hydrogens (tertiary/aromatic N) is 1. The molecule has 2 rings (SSSR count). The van der Waals surface area contributed by atoms with Crippen LogP contribution in [-0.2, 0) is 11.3 Å². The quantitative estimate of drug-likeness (QED) is 0.706. The maximum absolute atomic E-state index is 12.5. The van der Waals surface area contributed by atoms with Crippen LogP contribution in [0, 0.1) is 5.92 Å². The molecule has 0 radical (unpaired) electrons. The minimum Gasteiger partial charge on any atom is -0.434 e. The molecule has 0 amide bonds. The van der Waals surface area contributed by atoms with Gasteiger partial charge < -0.3 is 9.47 Å². The maximum Gasteiger partial charge on any atom is 0.387 e. The lowest BCUT2D eigenvalue weighted by Gasteiger charge is -2.32. The SMILES string of the molecule is CCOCC1CCN(Cc2cc(Br)ccc2OC(F)F)CC1. The summed E-state index contributed by atoms with van der Waals surface area (Å²) in [6.07, 6.45) is 2.16. The van der Waals surface area contributed by atoms with E-state index in [4.69, 9.17) is 4.74 Å². The van der Waals surface area contributed by atoms with Crippen LogP contribution >= 0.6 is 15.9 Å². The van der Waals surface area contributed by atoms with Crippen LogP contribution in [0.1, 0.15) is 25.3 Å². The van der Waals surface area contributed by atoms with Crippen LogP contribution in [-0.4, -0.2) is 37.8 Å². The molecule has 0 N–H and O–H groups in total. The van der Waals surface area contributed by atoms with Crippen molar-refractivity contribution in [1.29, 1.82) is 0 Å². The Labute approximate surface area is 138 Å². The molecule has 0 spiro atoms. The van der Waals surface area contributed by atoms with Crippen molar-refractivity contribution in [2.45, 2.75) is 32.9 Å². The molecule has 1 fully saturated rings. The molecule has 1 aliphatic rings. The van der Waals surface area contributed by atoms with Gasteiger partial charge in [-0.05, 0) is 57.0 Å². The summed E-state index contributed by atoms with van der Waals surface area (Å²) in [7, 11) is 0. The second-order valence-electron chi connectivity index (χ2n) is 5.51. The van der Waals surface area contributed by atoms with Crippen LogP contribution in [0.3, 0.4) is 0 Å². The van der Waals surface area contributed by atoms with Crippen molar-refractivity contribution in [3.8, 4) is 5.75 Å². The third-order valence-corrected chi connectivity index (χ3v) is 4.39. The number of hydrogen-bond acceptors (Lipinski definition) is 3. The van der Waals surface area contributed by atoms with Gasteiger partial charge in [0, 0.05) is 29.8 Å². The molecular weight excluding hydrogens is 356 g/mol. The minimum absolute atomic E-state index is 0.259. The monoisotopic (exact) mass is 377 g/mol. The van der Waals surface area contributed by atoms with Crippen LogP contribution in [0.15, 0.2) is 22.7 Å². The Morgan fingerprint density at radius 1 is 1.32 bits per heavy atom. The Balaban J connectivity index is 1.92.